The molecule has 0 aliphatic carbocycles. The molecule has 94 valence electrons. The number of nitrogens with zero attached hydrogens (tertiary/aromatic N) is 1. The number of hydrogen-bond donors (Lipinski definition) is 2. The first-order valence-corrected chi connectivity index (χ1v) is 4.47. The lowest BCUT2D eigenvalue weighted by Gasteiger charge is -2.21. The number of nitro groups is 1. The highest BCUT2D eigenvalue weighted by atomic mass is 19.3. The van der Waals surface area contributed by atoms with Gasteiger partial charge in [0.15, 0.2) is 0 Å². The highest BCUT2D eigenvalue weighted by molar-refractivity contribution is 5.37. The summed E-state index contributed by atoms with van der Waals surface area (Å²) >= 11 is 0. The van der Waals surface area contributed by atoms with Crippen LogP contribution in [0.5, 0.6) is 0 Å². The molecule has 0 heterocycles. The van der Waals surface area contributed by atoms with E-state index >= 15 is 0 Å². The molecule has 1 atom stereocenters. The van der Waals surface area contributed by atoms with Gasteiger partial charge >= 0.3 is 0 Å². The van der Waals surface area contributed by atoms with Crippen LogP contribution >= 0.6 is 0 Å². The van der Waals surface area contributed by atoms with Crippen molar-refractivity contribution in [3.8, 4) is 0 Å². The van der Waals surface area contributed by atoms with E-state index < -0.39 is 40.6 Å². The molecule has 0 spiro atoms. The molecule has 5 nitrogen and oxygen atoms in total. The number of halogens is 3. The van der Waals surface area contributed by atoms with E-state index in [2.05, 4.69) is 0 Å². The van der Waals surface area contributed by atoms with Crippen molar-refractivity contribution in [2.24, 2.45) is 5.73 Å². The smallest absolute Gasteiger partial charge is 0.289 e. The van der Waals surface area contributed by atoms with Crippen LogP contribution < -0.4 is 5.73 Å². The quantitative estimate of drug-likeness (QED) is 0.623. The third-order valence-corrected chi connectivity index (χ3v) is 2.19. The summed E-state index contributed by atoms with van der Waals surface area (Å²) in [5.74, 6) is -4.84. The molecule has 0 saturated carbocycles. The molecular formula is C9H9F3N2O3. The van der Waals surface area contributed by atoms with Gasteiger partial charge in [0.1, 0.15) is 12.4 Å². The summed E-state index contributed by atoms with van der Waals surface area (Å²) in [7, 11) is 0. The lowest BCUT2D eigenvalue weighted by molar-refractivity contribution is -0.385. The van der Waals surface area contributed by atoms with Crippen LogP contribution in [0.4, 0.5) is 18.9 Å². The van der Waals surface area contributed by atoms with Gasteiger partial charge in [-0.3, -0.25) is 10.1 Å². The lowest BCUT2D eigenvalue weighted by Crippen LogP contribution is -2.36. The van der Waals surface area contributed by atoms with Gasteiger partial charge in [-0.05, 0) is 6.07 Å². The number of rotatable bonds is 4. The molecular weight excluding hydrogens is 241 g/mol. The molecule has 0 saturated heterocycles. The average molecular weight is 250 g/mol. The van der Waals surface area contributed by atoms with E-state index in [0.29, 0.717) is 12.1 Å². The molecule has 1 aromatic carbocycles. The Morgan fingerprint density at radius 2 is 2.12 bits per heavy atom. The van der Waals surface area contributed by atoms with Crippen molar-refractivity contribution in [1.82, 2.24) is 0 Å². The number of nitrogens with two attached hydrogens (primary N) is 1. The predicted octanol–water partition coefficient (Wildman–Crippen LogP) is 1.36. The van der Waals surface area contributed by atoms with E-state index in [9.17, 15) is 23.3 Å². The molecule has 3 N–H and O–H groups in total. The molecule has 0 radical (unpaired) electrons. The van der Waals surface area contributed by atoms with E-state index in [1.165, 1.54) is 0 Å². The monoisotopic (exact) mass is 250 g/mol. The average Bonchev–Trinajstić information content (AvgIpc) is 2.28. The zero-order chi connectivity index (χ0) is 13.2. The van der Waals surface area contributed by atoms with Gasteiger partial charge in [0.2, 0.25) is 0 Å². The molecule has 0 amide bonds. The highest BCUT2D eigenvalue weighted by Gasteiger charge is 2.39. The molecule has 1 rings (SSSR count). The number of non-ortho nitro benzene ring substituents is 1. The van der Waals surface area contributed by atoms with Crippen molar-refractivity contribution in [2.45, 2.75) is 12.0 Å². The Morgan fingerprint density at radius 1 is 1.53 bits per heavy atom. The number of benzene rings is 1. The van der Waals surface area contributed by atoms with Crippen LogP contribution in [0.25, 0.3) is 0 Å². The molecule has 0 unspecified atom stereocenters. The van der Waals surface area contributed by atoms with E-state index in [4.69, 9.17) is 10.8 Å². The topological polar surface area (TPSA) is 89.4 Å². The fourth-order valence-electron chi connectivity index (χ4n) is 1.21. The summed E-state index contributed by atoms with van der Waals surface area (Å²) in [6.07, 6.45) is 0. The first kappa shape index (κ1) is 13.4. The third kappa shape index (κ3) is 2.71. The van der Waals surface area contributed by atoms with Gasteiger partial charge in [-0.15, -0.1) is 0 Å². The Hall–Kier alpha value is -1.67. The van der Waals surface area contributed by atoms with Gasteiger partial charge in [-0.1, -0.05) is 0 Å². The fraction of sp³-hybridized carbons (Fsp3) is 0.333. The van der Waals surface area contributed by atoms with E-state index in [1.807, 2.05) is 0 Å². The summed E-state index contributed by atoms with van der Waals surface area (Å²) in [5.41, 5.74) is 3.82. The fourth-order valence-corrected chi connectivity index (χ4v) is 1.21. The van der Waals surface area contributed by atoms with Crippen molar-refractivity contribution < 1.29 is 23.2 Å². The molecule has 0 bridgehead atoms. The largest absolute Gasteiger partial charge is 0.390 e. The van der Waals surface area contributed by atoms with E-state index in [1.54, 1.807) is 0 Å². The number of hydrogen-bond acceptors (Lipinski definition) is 4. The predicted molar refractivity (Wildman–Crippen MR) is 52.0 cm³/mol. The maximum atomic E-state index is 13.2. The van der Waals surface area contributed by atoms with Gasteiger partial charge in [-0.2, -0.15) is 0 Å². The van der Waals surface area contributed by atoms with Crippen LogP contribution in [-0.4, -0.2) is 22.6 Å². The van der Waals surface area contributed by atoms with Gasteiger partial charge in [-0.25, -0.2) is 13.2 Å². The normalized spacial score (nSPS) is 13.5. The molecule has 0 aliphatic heterocycles. The highest BCUT2D eigenvalue weighted by Crippen LogP contribution is 2.32. The van der Waals surface area contributed by atoms with E-state index in [0.717, 1.165) is 6.07 Å². The number of nitro benzene ring substituents is 1. The Kier molecular flexibility index (Phi) is 3.69. The maximum absolute atomic E-state index is 13.2. The molecule has 0 aliphatic rings. The number of aliphatic hydroxyl groups is 1. The van der Waals surface area contributed by atoms with Gasteiger partial charge in [0.05, 0.1) is 11.0 Å². The Labute approximate surface area is 93.8 Å². The van der Waals surface area contributed by atoms with Crippen LogP contribution in [0, 0.1) is 15.9 Å². The Morgan fingerprint density at radius 3 is 2.59 bits per heavy atom. The van der Waals surface area contributed by atoms with Gasteiger partial charge in [0.25, 0.3) is 11.6 Å². The van der Waals surface area contributed by atoms with Crippen molar-refractivity contribution >= 4 is 5.69 Å². The molecule has 0 aromatic heterocycles. The van der Waals surface area contributed by atoms with Crippen molar-refractivity contribution in [3.05, 3.63) is 39.7 Å². The number of alkyl halides is 2. The van der Waals surface area contributed by atoms with Crippen LogP contribution in [0.15, 0.2) is 18.2 Å². The molecule has 0 fully saturated rings. The second-order valence-electron chi connectivity index (χ2n) is 3.36. The van der Waals surface area contributed by atoms with Crippen molar-refractivity contribution in [3.63, 3.8) is 0 Å². The van der Waals surface area contributed by atoms with Crippen LogP contribution in [0.3, 0.4) is 0 Å². The summed E-state index contributed by atoms with van der Waals surface area (Å²) in [6, 6.07) is -0.0000997. The molecule has 8 heteroatoms. The summed E-state index contributed by atoms with van der Waals surface area (Å²) in [5, 5.41) is 18.8. The lowest BCUT2D eigenvalue weighted by atomic mass is 10.0. The summed E-state index contributed by atoms with van der Waals surface area (Å²) in [4.78, 5) is 9.56. The third-order valence-electron chi connectivity index (χ3n) is 2.19. The summed E-state index contributed by atoms with van der Waals surface area (Å²) in [6.45, 7) is -1.57. The van der Waals surface area contributed by atoms with Crippen LogP contribution in [-0.2, 0) is 0 Å². The zero-order valence-corrected chi connectivity index (χ0v) is 8.44. The van der Waals surface area contributed by atoms with Gasteiger partial charge in [0, 0.05) is 17.7 Å². The first-order chi connectivity index (χ1) is 7.79. The van der Waals surface area contributed by atoms with Crippen molar-refractivity contribution in [1.29, 1.82) is 0 Å². The minimum atomic E-state index is -3.75. The second kappa shape index (κ2) is 4.68. The Balaban J connectivity index is 3.21. The van der Waals surface area contributed by atoms with Crippen LogP contribution in [0.1, 0.15) is 11.6 Å². The van der Waals surface area contributed by atoms with E-state index in [-0.39, 0.29) is 0 Å². The first-order valence-electron chi connectivity index (χ1n) is 4.47. The standard InChI is InChI=1S/C9H9F3N2O3/c10-7-2-1-5(14(16)17)3-6(7)8(13)9(11,12)4-15/h1-3,8,15H,4,13H2/t8-/m0/s1. The van der Waals surface area contributed by atoms with Crippen LogP contribution in [0.2, 0.25) is 0 Å². The Bertz CT molecular complexity index is 439. The molecule has 1 aromatic rings. The maximum Gasteiger partial charge on any atom is 0.289 e. The molecule has 17 heavy (non-hydrogen) atoms. The SMILES string of the molecule is N[C@@H](c1cc([N+](=O)[O-])ccc1F)C(F)(F)CO. The number of aliphatic hydroxyl groups excluding tert-OH is 1. The summed E-state index contributed by atoms with van der Waals surface area (Å²) < 4.78 is 39.3. The minimum absolute atomic E-state index is 0.550. The zero-order valence-electron chi connectivity index (χ0n) is 8.44. The van der Waals surface area contributed by atoms with Crippen molar-refractivity contribution in [2.75, 3.05) is 6.61 Å². The second-order valence-corrected chi connectivity index (χ2v) is 3.36. The van der Waals surface area contributed by atoms with Gasteiger partial charge < -0.3 is 10.8 Å². The minimum Gasteiger partial charge on any atom is -0.390 e.